The quantitative estimate of drug-likeness (QED) is 0.171. The molecule has 0 amide bonds. The lowest BCUT2D eigenvalue weighted by Gasteiger charge is -2.14. The molecule has 0 saturated heterocycles. The molecule has 0 radical (unpaired) electrons. The molecule has 0 unspecified atom stereocenters. The summed E-state index contributed by atoms with van der Waals surface area (Å²) in [7, 11) is 0. The molecule has 3 nitrogen and oxygen atoms in total. The van der Waals surface area contributed by atoms with Crippen LogP contribution in [0.3, 0.4) is 0 Å². The van der Waals surface area contributed by atoms with Gasteiger partial charge in [-0.15, -0.1) is 11.3 Å². The van der Waals surface area contributed by atoms with E-state index in [9.17, 15) is 0 Å². The Morgan fingerprint density at radius 2 is 0.882 bits per heavy atom. The molecule has 0 saturated carbocycles. The summed E-state index contributed by atoms with van der Waals surface area (Å²) in [6, 6.07) is 62.3. The molecule has 0 spiro atoms. The molecular weight excluding hydrogens is 639 g/mol. The number of fused-ring (bicyclic) bond motifs is 6. The van der Waals surface area contributed by atoms with Crippen LogP contribution in [0.4, 0.5) is 0 Å². The minimum absolute atomic E-state index is 0.655. The highest BCUT2D eigenvalue weighted by molar-refractivity contribution is 7.26. The summed E-state index contributed by atoms with van der Waals surface area (Å²) in [5.74, 6) is 1.97. The number of aromatic nitrogens is 3. The fourth-order valence-corrected chi connectivity index (χ4v) is 8.46. The zero-order chi connectivity index (χ0) is 33.7. The van der Waals surface area contributed by atoms with Gasteiger partial charge < -0.3 is 0 Å². The van der Waals surface area contributed by atoms with E-state index in [1.54, 1.807) is 0 Å². The molecule has 10 aromatic rings. The Balaban J connectivity index is 1.21. The Morgan fingerprint density at radius 3 is 1.63 bits per heavy atom. The zero-order valence-electron chi connectivity index (χ0n) is 27.5. The Labute approximate surface area is 299 Å². The molecule has 51 heavy (non-hydrogen) atoms. The smallest absolute Gasteiger partial charge is 0.164 e. The van der Waals surface area contributed by atoms with Gasteiger partial charge in [-0.25, -0.2) is 15.0 Å². The third-order valence-electron chi connectivity index (χ3n) is 9.69. The summed E-state index contributed by atoms with van der Waals surface area (Å²) in [5.41, 5.74) is 7.59. The van der Waals surface area contributed by atoms with E-state index in [1.807, 2.05) is 47.7 Å². The highest BCUT2D eigenvalue weighted by Crippen LogP contribution is 2.43. The monoisotopic (exact) mass is 667 g/mol. The van der Waals surface area contributed by atoms with Gasteiger partial charge in [0.15, 0.2) is 17.5 Å². The van der Waals surface area contributed by atoms with Gasteiger partial charge in [0.1, 0.15) is 0 Å². The molecule has 4 heteroatoms. The lowest BCUT2D eigenvalue weighted by atomic mass is 9.91. The first kappa shape index (κ1) is 29.4. The van der Waals surface area contributed by atoms with Crippen LogP contribution in [0.2, 0.25) is 0 Å². The van der Waals surface area contributed by atoms with Gasteiger partial charge in [0, 0.05) is 36.9 Å². The van der Waals surface area contributed by atoms with Crippen molar-refractivity contribution in [2.24, 2.45) is 0 Å². The fourth-order valence-electron chi connectivity index (χ4n) is 7.29. The van der Waals surface area contributed by atoms with Crippen molar-refractivity contribution in [1.29, 1.82) is 0 Å². The van der Waals surface area contributed by atoms with Crippen LogP contribution in [-0.4, -0.2) is 15.0 Å². The molecule has 2 heterocycles. The third kappa shape index (κ3) is 5.16. The highest BCUT2D eigenvalue weighted by atomic mass is 32.1. The third-order valence-corrected chi connectivity index (χ3v) is 10.8. The second-order valence-electron chi connectivity index (χ2n) is 12.8. The number of benzene rings is 8. The van der Waals surface area contributed by atoms with Gasteiger partial charge >= 0.3 is 0 Å². The first-order valence-corrected chi connectivity index (χ1v) is 17.9. The van der Waals surface area contributed by atoms with Crippen molar-refractivity contribution in [2.45, 2.75) is 0 Å². The molecule has 10 rings (SSSR count). The van der Waals surface area contributed by atoms with Gasteiger partial charge in [-0.3, -0.25) is 0 Å². The molecule has 238 valence electrons. The number of hydrogen-bond donors (Lipinski definition) is 0. The maximum Gasteiger partial charge on any atom is 0.164 e. The standard InChI is InChI=1S/C47H29N3S/c1-3-14-30(15-4-1)45-48-46(31-16-5-2-6-17-31)50-47(49-45)41-28-35(29-43-44(41)39-24-11-12-25-42(39)51-43)32-19-13-20-33(26-32)40-27-34-18-7-8-21-36(34)37-22-9-10-23-38(37)40/h1-29H. The van der Waals surface area contributed by atoms with Gasteiger partial charge in [0.25, 0.3) is 0 Å². The summed E-state index contributed by atoms with van der Waals surface area (Å²) in [4.78, 5) is 15.3. The predicted molar refractivity (Wildman–Crippen MR) is 215 cm³/mol. The maximum atomic E-state index is 5.18. The van der Waals surface area contributed by atoms with Crippen molar-refractivity contribution in [3.05, 3.63) is 176 Å². The molecule has 2 aromatic heterocycles. The van der Waals surface area contributed by atoms with E-state index >= 15 is 0 Å². The van der Waals surface area contributed by atoms with Crippen LogP contribution >= 0.6 is 11.3 Å². The zero-order valence-corrected chi connectivity index (χ0v) is 28.3. The van der Waals surface area contributed by atoms with E-state index in [4.69, 9.17) is 15.0 Å². The van der Waals surface area contributed by atoms with E-state index in [-0.39, 0.29) is 0 Å². The molecule has 0 aliphatic rings. The average Bonchev–Trinajstić information content (AvgIpc) is 3.59. The minimum Gasteiger partial charge on any atom is -0.208 e. The van der Waals surface area contributed by atoms with E-state index in [2.05, 4.69) is 140 Å². The van der Waals surface area contributed by atoms with E-state index in [1.165, 1.54) is 52.8 Å². The Hall–Kier alpha value is -6.49. The van der Waals surface area contributed by atoms with Crippen molar-refractivity contribution >= 4 is 53.1 Å². The number of hydrogen-bond acceptors (Lipinski definition) is 4. The lowest BCUT2D eigenvalue weighted by Crippen LogP contribution is -2.00. The Morgan fingerprint density at radius 1 is 0.314 bits per heavy atom. The number of nitrogens with zero attached hydrogens (tertiary/aromatic N) is 3. The van der Waals surface area contributed by atoms with Crippen LogP contribution in [0.15, 0.2) is 176 Å². The van der Waals surface area contributed by atoms with Gasteiger partial charge in [0.2, 0.25) is 0 Å². The molecule has 8 aromatic carbocycles. The van der Waals surface area contributed by atoms with Crippen LogP contribution in [-0.2, 0) is 0 Å². The SMILES string of the molecule is c1ccc(-c2nc(-c3ccccc3)nc(-c3cc(-c4cccc(-c5cc6ccccc6c6ccccc56)c4)cc4sc5ccccc5c34)n2)cc1. The van der Waals surface area contributed by atoms with Gasteiger partial charge in [0.05, 0.1) is 0 Å². The summed E-state index contributed by atoms with van der Waals surface area (Å²) in [6.07, 6.45) is 0. The summed E-state index contributed by atoms with van der Waals surface area (Å²) >= 11 is 1.81. The van der Waals surface area contributed by atoms with Crippen LogP contribution in [0.5, 0.6) is 0 Å². The topological polar surface area (TPSA) is 38.7 Å². The van der Waals surface area contributed by atoms with E-state index in [0.717, 1.165) is 27.8 Å². The van der Waals surface area contributed by atoms with Gasteiger partial charge in [-0.1, -0.05) is 146 Å². The van der Waals surface area contributed by atoms with E-state index < -0.39 is 0 Å². The van der Waals surface area contributed by atoms with Crippen molar-refractivity contribution in [2.75, 3.05) is 0 Å². The molecule has 0 aliphatic heterocycles. The number of thiophene rings is 1. The molecule has 0 aliphatic carbocycles. The van der Waals surface area contributed by atoms with Crippen LogP contribution in [0.1, 0.15) is 0 Å². The predicted octanol–water partition coefficient (Wildman–Crippen LogP) is 12.9. The van der Waals surface area contributed by atoms with Crippen molar-refractivity contribution in [1.82, 2.24) is 15.0 Å². The van der Waals surface area contributed by atoms with Crippen molar-refractivity contribution < 1.29 is 0 Å². The summed E-state index contributed by atoms with van der Waals surface area (Å²) in [5, 5.41) is 7.40. The highest BCUT2D eigenvalue weighted by Gasteiger charge is 2.19. The Bertz CT molecular complexity index is 2860. The van der Waals surface area contributed by atoms with Gasteiger partial charge in [-0.2, -0.15) is 0 Å². The maximum absolute atomic E-state index is 5.18. The van der Waals surface area contributed by atoms with E-state index in [0.29, 0.717) is 17.5 Å². The molecule has 0 fully saturated rings. The first-order chi connectivity index (χ1) is 25.3. The number of rotatable bonds is 5. The Kier molecular flexibility index (Phi) is 7.00. The van der Waals surface area contributed by atoms with Crippen LogP contribution in [0, 0.1) is 0 Å². The first-order valence-electron chi connectivity index (χ1n) is 17.1. The molecule has 0 N–H and O–H groups in total. The second-order valence-corrected chi connectivity index (χ2v) is 13.9. The second kappa shape index (κ2) is 12.1. The average molecular weight is 668 g/mol. The largest absolute Gasteiger partial charge is 0.208 e. The fraction of sp³-hybridized carbons (Fsp3) is 0. The summed E-state index contributed by atoms with van der Waals surface area (Å²) < 4.78 is 2.44. The minimum atomic E-state index is 0.655. The summed E-state index contributed by atoms with van der Waals surface area (Å²) in [6.45, 7) is 0. The lowest BCUT2D eigenvalue weighted by molar-refractivity contribution is 1.08. The van der Waals surface area contributed by atoms with Crippen LogP contribution < -0.4 is 0 Å². The molecule has 0 atom stereocenters. The van der Waals surface area contributed by atoms with Crippen LogP contribution in [0.25, 0.3) is 98.1 Å². The van der Waals surface area contributed by atoms with Gasteiger partial charge in [-0.05, 0) is 74.1 Å². The van der Waals surface area contributed by atoms with Crippen molar-refractivity contribution in [3.63, 3.8) is 0 Å². The normalized spacial score (nSPS) is 11.5. The molecule has 0 bridgehead atoms. The molecular formula is C47H29N3S. The van der Waals surface area contributed by atoms with Crippen molar-refractivity contribution in [3.8, 4) is 56.4 Å².